The molecule has 1 fully saturated rings. The van der Waals surface area contributed by atoms with E-state index in [1.54, 1.807) is 6.20 Å². The lowest BCUT2D eigenvalue weighted by atomic mass is 9.70. The summed E-state index contributed by atoms with van der Waals surface area (Å²) in [6.07, 6.45) is 6.66. The zero-order chi connectivity index (χ0) is 15.3. The average Bonchev–Trinajstić information content (AvgIpc) is 2.54. The van der Waals surface area contributed by atoms with Gasteiger partial charge in [-0.2, -0.15) is 0 Å². The van der Waals surface area contributed by atoms with Gasteiger partial charge in [0.1, 0.15) is 0 Å². The smallest absolute Gasteiger partial charge is 0.229 e. The summed E-state index contributed by atoms with van der Waals surface area (Å²) in [6.45, 7) is 3.43. The van der Waals surface area contributed by atoms with E-state index in [1.807, 2.05) is 30.1 Å². The SMILES string of the molecule is CC1CCC(CN)(C(=O)N(C)CCc2ccccn2)CC1. The lowest BCUT2D eigenvalue weighted by Gasteiger charge is -2.39. The number of carbonyl (C=O) groups excluding carboxylic acids is 1. The molecule has 0 bridgehead atoms. The van der Waals surface area contributed by atoms with Gasteiger partial charge in [-0.05, 0) is 43.7 Å². The summed E-state index contributed by atoms with van der Waals surface area (Å²) >= 11 is 0. The number of carbonyl (C=O) groups is 1. The molecular weight excluding hydrogens is 262 g/mol. The fraction of sp³-hybridized carbons (Fsp3) is 0.647. The molecule has 0 atom stereocenters. The quantitative estimate of drug-likeness (QED) is 0.904. The van der Waals surface area contributed by atoms with Crippen molar-refractivity contribution in [2.24, 2.45) is 17.1 Å². The number of likely N-dealkylation sites (N-methyl/N-ethyl adjacent to an activating group) is 1. The number of nitrogens with two attached hydrogens (primary N) is 1. The molecule has 0 unspecified atom stereocenters. The second-order valence-corrected chi connectivity index (χ2v) is 6.46. The highest BCUT2D eigenvalue weighted by Crippen LogP contribution is 2.39. The van der Waals surface area contributed by atoms with Crippen LogP contribution in [0.4, 0.5) is 0 Å². The van der Waals surface area contributed by atoms with Gasteiger partial charge in [0.15, 0.2) is 0 Å². The number of amides is 1. The molecule has 1 amide bonds. The molecule has 0 radical (unpaired) electrons. The molecule has 1 aliphatic rings. The van der Waals surface area contributed by atoms with E-state index in [2.05, 4.69) is 11.9 Å². The van der Waals surface area contributed by atoms with Crippen molar-refractivity contribution < 1.29 is 4.79 Å². The number of hydrogen-bond donors (Lipinski definition) is 1. The summed E-state index contributed by atoms with van der Waals surface area (Å²) in [5, 5.41) is 0. The van der Waals surface area contributed by atoms with Gasteiger partial charge in [0, 0.05) is 38.4 Å². The molecular formula is C17H27N3O. The maximum Gasteiger partial charge on any atom is 0.229 e. The van der Waals surface area contributed by atoms with Gasteiger partial charge in [-0.15, -0.1) is 0 Å². The van der Waals surface area contributed by atoms with Crippen molar-refractivity contribution >= 4 is 5.91 Å². The number of pyridine rings is 1. The fourth-order valence-electron chi connectivity index (χ4n) is 3.15. The third-order valence-corrected chi connectivity index (χ3v) is 4.85. The Balaban J connectivity index is 1.94. The third-order valence-electron chi connectivity index (χ3n) is 4.85. The zero-order valence-electron chi connectivity index (χ0n) is 13.2. The second kappa shape index (κ2) is 7.03. The highest BCUT2D eigenvalue weighted by Gasteiger charge is 2.41. The van der Waals surface area contributed by atoms with E-state index < -0.39 is 0 Å². The van der Waals surface area contributed by atoms with Crippen molar-refractivity contribution in [3.63, 3.8) is 0 Å². The molecule has 1 saturated carbocycles. The first-order chi connectivity index (χ1) is 10.1. The Hall–Kier alpha value is -1.42. The maximum atomic E-state index is 12.8. The molecule has 2 N–H and O–H groups in total. The Kier molecular flexibility index (Phi) is 5.34. The zero-order valence-corrected chi connectivity index (χ0v) is 13.2. The van der Waals surface area contributed by atoms with Crippen LogP contribution in [0.3, 0.4) is 0 Å². The fourth-order valence-corrected chi connectivity index (χ4v) is 3.15. The first-order valence-corrected chi connectivity index (χ1v) is 7.93. The lowest BCUT2D eigenvalue weighted by Crippen LogP contribution is -2.49. The van der Waals surface area contributed by atoms with Gasteiger partial charge in [-0.1, -0.05) is 13.0 Å². The molecule has 0 aliphatic heterocycles. The van der Waals surface area contributed by atoms with Crippen molar-refractivity contribution in [2.75, 3.05) is 20.1 Å². The molecule has 1 heterocycles. The monoisotopic (exact) mass is 289 g/mol. The summed E-state index contributed by atoms with van der Waals surface area (Å²) in [5.74, 6) is 0.934. The topological polar surface area (TPSA) is 59.2 Å². The number of hydrogen-bond acceptors (Lipinski definition) is 3. The van der Waals surface area contributed by atoms with Crippen LogP contribution in [0.5, 0.6) is 0 Å². The standard InChI is InChI=1S/C17H27N3O/c1-14-6-9-17(13-18,10-7-14)16(21)20(2)12-8-15-5-3-4-11-19-15/h3-5,11,14H,6-10,12-13,18H2,1-2H3. The number of nitrogens with zero attached hydrogens (tertiary/aromatic N) is 2. The molecule has 0 saturated heterocycles. The van der Waals surface area contributed by atoms with Crippen LogP contribution in [0.1, 0.15) is 38.3 Å². The van der Waals surface area contributed by atoms with Gasteiger partial charge in [0.2, 0.25) is 5.91 Å². The molecule has 116 valence electrons. The summed E-state index contributed by atoms with van der Waals surface area (Å²) in [5.41, 5.74) is 6.67. The molecule has 0 aromatic carbocycles. The van der Waals surface area contributed by atoms with Gasteiger partial charge >= 0.3 is 0 Å². The van der Waals surface area contributed by atoms with Gasteiger partial charge in [0.05, 0.1) is 5.41 Å². The van der Waals surface area contributed by atoms with Crippen molar-refractivity contribution in [3.8, 4) is 0 Å². The summed E-state index contributed by atoms with van der Waals surface area (Å²) in [4.78, 5) is 19.0. The van der Waals surface area contributed by atoms with E-state index in [4.69, 9.17) is 5.73 Å². The second-order valence-electron chi connectivity index (χ2n) is 6.46. The van der Waals surface area contributed by atoms with Gasteiger partial charge in [-0.25, -0.2) is 0 Å². The summed E-state index contributed by atoms with van der Waals surface area (Å²) < 4.78 is 0. The molecule has 0 spiro atoms. The Labute approximate surface area is 127 Å². The van der Waals surface area contributed by atoms with Gasteiger partial charge in [0.25, 0.3) is 0 Å². The number of aromatic nitrogens is 1. The van der Waals surface area contributed by atoms with E-state index in [9.17, 15) is 4.79 Å². The van der Waals surface area contributed by atoms with Crippen molar-refractivity contribution in [2.45, 2.75) is 39.0 Å². The van der Waals surface area contributed by atoms with Crippen LogP contribution in [0.15, 0.2) is 24.4 Å². The maximum absolute atomic E-state index is 12.8. The molecule has 1 aromatic heterocycles. The van der Waals surface area contributed by atoms with Crippen LogP contribution < -0.4 is 5.73 Å². The van der Waals surface area contributed by atoms with Crippen LogP contribution in [-0.2, 0) is 11.2 Å². The van der Waals surface area contributed by atoms with Crippen LogP contribution >= 0.6 is 0 Å². The van der Waals surface area contributed by atoms with E-state index in [-0.39, 0.29) is 11.3 Å². The summed E-state index contributed by atoms with van der Waals surface area (Å²) in [7, 11) is 1.89. The van der Waals surface area contributed by atoms with Crippen molar-refractivity contribution in [1.82, 2.24) is 9.88 Å². The van der Waals surface area contributed by atoms with E-state index in [0.29, 0.717) is 13.1 Å². The van der Waals surface area contributed by atoms with Crippen LogP contribution in [0.2, 0.25) is 0 Å². The minimum atomic E-state index is -0.328. The van der Waals surface area contributed by atoms with E-state index >= 15 is 0 Å². The van der Waals surface area contributed by atoms with Crippen LogP contribution in [-0.4, -0.2) is 35.9 Å². The van der Waals surface area contributed by atoms with Crippen molar-refractivity contribution in [3.05, 3.63) is 30.1 Å². The Bertz CT molecular complexity index is 452. The number of rotatable bonds is 5. The molecule has 1 aliphatic carbocycles. The average molecular weight is 289 g/mol. The summed E-state index contributed by atoms with van der Waals surface area (Å²) in [6, 6.07) is 5.89. The van der Waals surface area contributed by atoms with E-state index in [1.165, 1.54) is 0 Å². The Morgan fingerprint density at radius 1 is 1.43 bits per heavy atom. The molecule has 4 nitrogen and oxygen atoms in total. The first kappa shape index (κ1) is 16.0. The highest BCUT2D eigenvalue weighted by atomic mass is 16.2. The minimum absolute atomic E-state index is 0.216. The van der Waals surface area contributed by atoms with Crippen LogP contribution in [0.25, 0.3) is 0 Å². The minimum Gasteiger partial charge on any atom is -0.345 e. The van der Waals surface area contributed by atoms with Crippen LogP contribution in [0, 0.1) is 11.3 Å². The molecule has 21 heavy (non-hydrogen) atoms. The normalized spacial score (nSPS) is 25.6. The first-order valence-electron chi connectivity index (χ1n) is 7.93. The lowest BCUT2D eigenvalue weighted by molar-refractivity contribution is -0.142. The molecule has 4 heteroatoms. The van der Waals surface area contributed by atoms with Gasteiger partial charge in [-0.3, -0.25) is 9.78 Å². The highest BCUT2D eigenvalue weighted by molar-refractivity contribution is 5.83. The molecule has 2 rings (SSSR count). The Morgan fingerprint density at radius 2 is 2.14 bits per heavy atom. The predicted octanol–water partition coefficient (Wildman–Crippen LogP) is 2.24. The Morgan fingerprint density at radius 3 is 2.71 bits per heavy atom. The molecule has 1 aromatic rings. The largest absolute Gasteiger partial charge is 0.345 e. The third kappa shape index (κ3) is 3.82. The predicted molar refractivity (Wildman–Crippen MR) is 84.7 cm³/mol. The van der Waals surface area contributed by atoms with E-state index in [0.717, 1.165) is 43.7 Å². The van der Waals surface area contributed by atoms with Gasteiger partial charge < -0.3 is 10.6 Å². The van der Waals surface area contributed by atoms with Crippen molar-refractivity contribution in [1.29, 1.82) is 0 Å².